The van der Waals surface area contributed by atoms with Crippen LogP contribution in [0.15, 0.2) is 18.2 Å². The van der Waals surface area contributed by atoms with Crippen molar-refractivity contribution in [2.24, 2.45) is 5.92 Å². The summed E-state index contributed by atoms with van der Waals surface area (Å²) >= 11 is 5.95. The van der Waals surface area contributed by atoms with E-state index in [0.29, 0.717) is 19.0 Å². The highest BCUT2D eigenvalue weighted by Gasteiger charge is 2.26. The zero-order valence-electron chi connectivity index (χ0n) is 12.1. The van der Waals surface area contributed by atoms with E-state index in [1.54, 1.807) is 11.0 Å². The largest absolute Gasteiger partial charge is 0.338 e. The summed E-state index contributed by atoms with van der Waals surface area (Å²) in [6.07, 6.45) is 3.07. The summed E-state index contributed by atoms with van der Waals surface area (Å²) in [5, 5.41) is 3.33. The maximum Gasteiger partial charge on any atom is 0.258 e. The molecule has 1 aliphatic heterocycles. The van der Waals surface area contributed by atoms with Gasteiger partial charge in [-0.05, 0) is 50.9 Å². The van der Waals surface area contributed by atoms with E-state index in [4.69, 9.17) is 11.6 Å². The Morgan fingerprint density at radius 2 is 2.10 bits per heavy atom. The molecule has 1 amide bonds. The predicted molar refractivity (Wildman–Crippen MR) is 85.8 cm³/mol. The number of nitrogens with one attached hydrogen (secondary N) is 1. The molecule has 1 saturated heterocycles. The summed E-state index contributed by atoms with van der Waals surface area (Å²) in [7, 11) is 1.94. The number of nitrogens with zero attached hydrogens (tertiary/aromatic N) is 1. The van der Waals surface area contributed by atoms with Crippen LogP contribution < -0.4 is 5.32 Å². The molecule has 0 unspecified atom stereocenters. The zero-order chi connectivity index (χ0) is 14.5. The number of amides is 1. The Hall–Kier alpha value is -0.840. The molecular weight excluding hydrogens is 314 g/mol. The quantitative estimate of drug-likeness (QED) is 0.915. The molecule has 1 aromatic rings. The van der Waals surface area contributed by atoms with E-state index in [2.05, 4.69) is 5.32 Å². The third-order valence-electron chi connectivity index (χ3n) is 3.88. The van der Waals surface area contributed by atoms with Crippen molar-refractivity contribution in [1.29, 1.82) is 0 Å². The van der Waals surface area contributed by atoms with Gasteiger partial charge in [-0.25, -0.2) is 4.39 Å². The number of likely N-dealkylation sites (tertiary alicyclic amines) is 1. The number of rotatable bonds is 4. The van der Waals surface area contributed by atoms with Crippen molar-refractivity contribution < 1.29 is 9.18 Å². The third-order valence-corrected chi connectivity index (χ3v) is 4.20. The fourth-order valence-electron chi connectivity index (χ4n) is 2.63. The summed E-state index contributed by atoms with van der Waals surface area (Å²) in [4.78, 5) is 14.1. The predicted octanol–water partition coefficient (Wildman–Crippen LogP) is 3.36. The van der Waals surface area contributed by atoms with Crippen LogP contribution in [-0.4, -0.2) is 37.5 Å². The fraction of sp³-hybridized carbons (Fsp3) is 0.533. The van der Waals surface area contributed by atoms with E-state index < -0.39 is 5.82 Å². The Labute approximate surface area is 136 Å². The van der Waals surface area contributed by atoms with Gasteiger partial charge in [0.05, 0.1) is 10.6 Å². The van der Waals surface area contributed by atoms with Crippen LogP contribution in [0.2, 0.25) is 5.02 Å². The van der Waals surface area contributed by atoms with Gasteiger partial charge in [0.1, 0.15) is 5.82 Å². The number of carbonyl (C=O) groups excluding carboxylic acids is 1. The Morgan fingerprint density at radius 1 is 1.43 bits per heavy atom. The molecule has 1 heterocycles. The molecule has 0 radical (unpaired) electrons. The highest BCUT2D eigenvalue weighted by Crippen LogP contribution is 2.25. The number of hydrogen-bond donors (Lipinski definition) is 1. The van der Waals surface area contributed by atoms with E-state index in [-0.39, 0.29) is 28.9 Å². The van der Waals surface area contributed by atoms with E-state index in [1.165, 1.54) is 12.1 Å². The van der Waals surface area contributed by atoms with Crippen molar-refractivity contribution in [2.45, 2.75) is 19.3 Å². The van der Waals surface area contributed by atoms with Crippen LogP contribution in [-0.2, 0) is 0 Å². The second-order valence-electron chi connectivity index (χ2n) is 5.22. The number of carbonyl (C=O) groups is 1. The molecule has 1 aromatic carbocycles. The van der Waals surface area contributed by atoms with Gasteiger partial charge in [-0.15, -0.1) is 12.4 Å². The number of hydrogen-bond acceptors (Lipinski definition) is 2. The smallest absolute Gasteiger partial charge is 0.258 e. The van der Waals surface area contributed by atoms with Crippen LogP contribution in [0, 0.1) is 11.7 Å². The number of benzene rings is 1. The first kappa shape index (κ1) is 18.2. The normalized spacial score (nSPS) is 15.7. The topological polar surface area (TPSA) is 32.3 Å². The lowest BCUT2D eigenvalue weighted by atomic mass is 9.93. The molecule has 1 fully saturated rings. The zero-order valence-corrected chi connectivity index (χ0v) is 13.6. The highest BCUT2D eigenvalue weighted by molar-refractivity contribution is 6.33. The Morgan fingerprint density at radius 3 is 2.67 bits per heavy atom. The standard InChI is InChI=1S/C15H20ClFN2O.ClH/c1-18-8-5-11-6-9-19(10-7-11)15(20)14-12(16)3-2-4-13(14)17;/h2-4,11,18H,5-10H2,1H3;1H. The number of halogens is 3. The maximum atomic E-state index is 13.8. The van der Waals surface area contributed by atoms with Crippen molar-refractivity contribution in [1.82, 2.24) is 10.2 Å². The molecule has 2 rings (SSSR count). The van der Waals surface area contributed by atoms with Crippen molar-refractivity contribution in [3.63, 3.8) is 0 Å². The van der Waals surface area contributed by atoms with E-state index in [0.717, 1.165) is 25.8 Å². The molecule has 3 nitrogen and oxygen atoms in total. The van der Waals surface area contributed by atoms with Gasteiger partial charge in [0, 0.05) is 13.1 Å². The molecule has 0 spiro atoms. The summed E-state index contributed by atoms with van der Waals surface area (Å²) in [6.45, 7) is 2.35. The molecule has 1 N–H and O–H groups in total. The van der Waals surface area contributed by atoms with Gasteiger partial charge in [-0.2, -0.15) is 0 Å². The first-order valence-corrected chi connectivity index (χ1v) is 7.39. The lowest BCUT2D eigenvalue weighted by Crippen LogP contribution is -2.39. The Balaban J connectivity index is 0.00000220. The summed E-state index contributed by atoms with van der Waals surface area (Å²) < 4.78 is 13.8. The van der Waals surface area contributed by atoms with Gasteiger partial charge in [-0.3, -0.25) is 4.79 Å². The lowest BCUT2D eigenvalue weighted by molar-refractivity contribution is 0.0682. The van der Waals surface area contributed by atoms with Crippen LogP contribution in [0.4, 0.5) is 4.39 Å². The number of piperidine rings is 1. The van der Waals surface area contributed by atoms with Crippen LogP contribution in [0.3, 0.4) is 0 Å². The Kier molecular flexibility index (Phi) is 7.43. The van der Waals surface area contributed by atoms with Crippen LogP contribution in [0.1, 0.15) is 29.6 Å². The van der Waals surface area contributed by atoms with Crippen LogP contribution in [0.5, 0.6) is 0 Å². The molecule has 21 heavy (non-hydrogen) atoms. The van der Waals surface area contributed by atoms with Crippen molar-refractivity contribution >= 4 is 29.9 Å². The lowest BCUT2D eigenvalue weighted by Gasteiger charge is -2.32. The molecular formula is C15H21Cl2FN2O. The van der Waals surface area contributed by atoms with E-state index >= 15 is 0 Å². The molecule has 118 valence electrons. The Bertz CT molecular complexity index is 456. The minimum Gasteiger partial charge on any atom is -0.338 e. The third kappa shape index (κ3) is 4.56. The summed E-state index contributed by atoms with van der Waals surface area (Å²) in [5.74, 6) is -0.192. The van der Waals surface area contributed by atoms with Crippen LogP contribution in [0.25, 0.3) is 0 Å². The van der Waals surface area contributed by atoms with Crippen LogP contribution >= 0.6 is 24.0 Å². The minimum atomic E-state index is -0.542. The van der Waals surface area contributed by atoms with E-state index in [9.17, 15) is 9.18 Å². The summed E-state index contributed by atoms with van der Waals surface area (Å²) in [6, 6.07) is 4.34. The monoisotopic (exact) mass is 334 g/mol. The average molecular weight is 335 g/mol. The molecule has 6 heteroatoms. The molecule has 0 aromatic heterocycles. The average Bonchev–Trinajstić information content (AvgIpc) is 2.45. The highest BCUT2D eigenvalue weighted by atomic mass is 35.5. The second-order valence-corrected chi connectivity index (χ2v) is 5.63. The fourth-order valence-corrected chi connectivity index (χ4v) is 2.88. The maximum absolute atomic E-state index is 13.8. The van der Waals surface area contributed by atoms with Gasteiger partial charge < -0.3 is 10.2 Å². The van der Waals surface area contributed by atoms with Crippen molar-refractivity contribution in [3.8, 4) is 0 Å². The van der Waals surface area contributed by atoms with E-state index in [1.807, 2.05) is 7.05 Å². The molecule has 1 aliphatic rings. The summed E-state index contributed by atoms with van der Waals surface area (Å²) in [5.41, 5.74) is 0.00263. The molecule has 0 saturated carbocycles. The first-order valence-electron chi connectivity index (χ1n) is 7.01. The SMILES string of the molecule is CNCCC1CCN(C(=O)c2c(F)cccc2Cl)CC1.Cl. The first-order chi connectivity index (χ1) is 9.63. The molecule has 0 aliphatic carbocycles. The van der Waals surface area contributed by atoms with Crippen molar-refractivity contribution in [3.05, 3.63) is 34.6 Å². The molecule has 0 atom stereocenters. The second kappa shape index (κ2) is 8.57. The van der Waals surface area contributed by atoms with Gasteiger partial charge >= 0.3 is 0 Å². The molecule has 0 bridgehead atoms. The van der Waals surface area contributed by atoms with Gasteiger partial charge in [0.25, 0.3) is 5.91 Å². The van der Waals surface area contributed by atoms with Crippen molar-refractivity contribution in [2.75, 3.05) is 26.7 Å². The van der Waals surface area contributed by atoms with Gasteiger partial charge in [0.15, 0.2) is 0 Å². The van der Waals surface area contributed by atoms with Gasteiger partial charge in [0.2, 0.25) is 0 Å². The van der Waals surface area contributed by atoms with Gasteiger partial charge in [-0.1, -0.05) is 17.7 Å². The minimum absolute atomic E-state index is 0.